The van der Waals surface area contributed by atoms with Gasteiger partial charge in [-0.1, -0.05) is 18.2 Å². The highest BCUT2D eigenvalue weighted by Gasteiger charge is 2.19. The Morgan fingerprint density at radius 2 is 2.05 bits per heavy atom. The molecular weight excluding hydrogens is 252 g/mol. The van der Waals surface area contributed by atoms with Crippen molar-refractivity contribution in [3.63, 3.8) is 0 Å². The van der Waals surface area contributed by atoms with E-state index in [-0.39, 0.29) is 11.9 Å². The fraction of sp³-hybridized carbons (Fsp3) is 0.467. The first-order valence-corrected chi connectivity index (χ1v) is 7.01. The molecule has 0 aromatic heterocycles. The second kappa shape index (κ2) is 6.41. The van der Waals surface area contributed by atoms with Gasteiger partial charge in [0.05, 0.1) is 0 Å². The molecule has 0 saturated carbocycles. The first kappa shape index (κ1) is 14.4. The Hall–Kier alpha value is -2.04. The van der Waals surface area contributed by atoms with Crippen LogP contribution in [0.5, 0.6) is 0 Å². The maximum atomic E-state index is 12.3. The number of benzene rings is 1. The van der Waals surface area contributed by atoms with E-state index in [2.05, 4.69) is 0 Å². The van der Waals surface area contributed by atoms with Crippen molar-refractivity contribution < 1.29 is 4.79 Å². The molecule has 0 bridgehead atoms. The lowest BCUT2D eigenvalue weighted by Crippen LogP contribution is -2.43. The van der Waals surface area contributed by atoms with E-state index in [1.54, 1.807) is 11.0 Å². The summed E-state index contributed by atoms with van der Waals surface area (Å²) in [6.07, 6.45) is 3.41. The molecule has 20 heavy (non-hydrogen) atoms. The van der Waals surface area contributed by atoms with E-state index < -0.39 is 0 Å². The lowest BCUT2D eigenvalue weighted by molar-refractivity contribution is 0.151. The number of nitrogens with one attached hydrogen (secondary N) is 1. The Labute approximate surface area is 119 Å². The molecule has 1 aliphatic rings. The summed E-state index contributed by atoms with van der Waals surface area (Å²) in [5.41, 5.74) is 7.17. The average molecular weight is 274 g/mol. The van der Waals surface area contributed by atoms with Crippen molar-refractivity contribution in [1.29, 1.82) is 5.41 Å². The van der Waals surface area contributed by atoms with E-state index in [0.717, 1.165) is 31.5 Å². The molecule has 1 aromatic carbocycles. The van der Waals surface area contributed by atoms with Crippen LogP contribution in [0.3, 0.4) is 0 Å². The minimum Gasteiger partial charge on any atom is -0.384 e. The Bertz CT molecular complexity index is 494. The zero-order valence-electron chi connectivity index (χ0n) is 11.9. The summed E-state index contributed by atoms with van der Waals surface area (Å²) < 4.78 is 0. The molecule has 0 spiro atoms. The van der Waals surface area contributed by atoms with Crippen LogP contribution in [0.2, 0.25) is 0 Å². The molecule has 0 unspecified atom stereocenters. The van der Waals surface area contributed by atoms with Crippen LogP contribution in [0.1, 0.15) is 30.4 Å². The van der Waals surface area contributed by atoms with Crippen molar-refractivity contribution in [1.82, 2.24) is 9.80 Å². The number of carbonyl (C=O) groups excluding carboxylic acids is 1. The average Bonchev–Trinajstić information content (AvgIpc) is 2.47. The normalized spacial score (nSPS) is 14.9. The molecule has 108 valence electrons. The summed E-state index contributed by atoms with van der Waals surface area (Å²) in [5.74, 6) is 0.0526. The zero-order valence-corrected chi connectivity index (χ0v) is 11.9. The van der Waals surface area contributed by atoms with E-state index in [1.807, 2.05) is 30.1 Å². The van der Waals surface area contributed by atoms with Gasteiger partial charge in [0.1, 0.15) is 5.84 Å². The fourth-order valence-corrected chi connectivity index (χ4v) is 2.51. The van der Waals surface area contributed by atoms with Crippen molar-refractivity contribution in [2.45, 2.75) is 25.8 Å². The maximum Gasteiger partial charge on any atom is 0.320 e. The summed E-state index contributed by atoms with van der Waals surface area (Å²) >= 11 is 0. The molecule has 2 rings (SSSR count). The number of amides is 2. The Balaban J connectivity index is 1.99. The Morgan fingerprint density at radius 3 is 2.70 bits per heavy atom. The Morgan fingerprint density at radius 1 is 1.35 bits per heavy atom. The van der Waals surface area contributed by atoms with Crippen LogP contribution < -0.4 is 5.73 Å². The van der Waals surface area contributed by atoms with Crippen LogP contribution in [0.4, 0.5) is 4.79 Å². The summed E-state index contributed by atoms with van der Waals surface area (Å²) in [6.45, 7) is 2.25. The second-order valence-electron chi connectivity index (χ2n) is 5.30. The number of urea groups is 1. The minimum absolute atomic E-state index is 0.0526. The van der Waals surface area contributed by atoms with Crippen LogP contribution in [-0.4, -0.2) is 41.8 Å². The van der Waals surface area contributed by atoms with Gasteiger partial charge in [-0.05, 0) is 30.9 Å². The molecular formula is C15H22N4O. The number of carbonyl (C=O) groups is 1. The highest BCUT2D eigenvalue weighted by atomic mass is 16.2. The third kappa shape index (κ3) is 3.50. The van der Waals surface area contributed by atoms with Gasteiger partial charge in [-0.25, -0.2) is 4.79 Å². The number of likely N-dealkylation sites (tertiary alicyclic amines) is 1. The number of nitrogens with zero attached hydrogens (tertiary/aromatic N) is 2. The standard InChI is InChI=1S/C15H22N4O/c1-18(15(20)19-8-3-2-4-9-19)11-12-6-5-7-13(10-12)14(16)17/h5-7,10H,2-4,8-9,11H2,1H3,(H3,16,17). The first-order chi connectivity index (χ1) is 9.58. The highest BCUT2D eigenvalue weighted by Crippen LogP contribution is 2.13. The number of nitrogen functional groups attached to an aromatic ring is 1. The van der Waals surface area contributed by atoms with Gasteiger partial charge in [-0.15, -0.1) is 0 Å². The van der Waals surface area contributed by atoms with Crippen LogP contribution in [-0.2, 0) is 6.54 Å². The maximum absolute atomic E-state index is 12.3. The number of hydrogen-bond donors (Lipinski definition) is 2. The molecule has 5 nitrogen and oxygen atoms in total. The van der Waals surface area contributed by atoms with Crippen LogP contribution >= 0.6 is 0 Å². The van der Waals surface area contributed by atoms with E-state index in [4.69, 9.17) is 11.1 Å². The molecule has 1 aliphatic heterocycles. The molecule has 1 aromatic rings. The minimum atomic E-state index is 0.0526. The molecule has 3 N–H and O–H groups in total. The predicted molar refractivity (Wildman–Crippen MR) is 79.7 cm³/mol. The van der Waals surface area contributed by atoms with E-state index in [1.165, 1.54) is 6.42 Å². The zero-order chi connectivity index (χ0) is 14.5. The smallest absolute Gasteiger partial charge is 0.320 e. The van der Waals surface area contributed by atoms with Gasteiger partial charge < -0.3 is 15.5 Å². The molecule has 0 atom stereocenters. The second-order valence-corrected chi connectivity index (χ2v) is 5.30. The molecule has 1 heterocycles. The van der Waals surface area contributed by atoms with Crippen molar-refractivity contribution in [2.75, 3.05) is 20.1 Å². The molecule has 0 radical (unpaired) electrons. The lowest BCUT2D eigenvalue weighted by Gasteiger charge is -2.31. The van der Waals surface area contributed by atoms with Crippen LogP contribution in [0.25, 0.3) is 0 Å². The third-order valence-electron chi connectivity index (χ3n) is 3.61. The predicted octanol–water partition coefficient (Wildman–Crippen LogP) is 2.01. The van der Waals surface area contributed by atoms with Gasteiger partial charge in [-0.3, -0.25) is 5.41 Å². The van der Waals surface area contributed by atoms with Crippen molar-refractivity contribution in [3.05, 3.63) is 35.4 Å². The van der Waals surface area contributed by atoms with Crippen LogP contribution in [0.15, 0.2) is 24.3 Å². The number of amidine groups is 1. The summed E-state index contributed by atoms with van der Waals surface area (Å²) in [4.78, 5) is 15.9. The molecule has 0 aliphatic carbocycles. The lowest BCUT2D eigenvalue weighted by atomic mass is 10.1. The molecule has 5 heteroatoms. The third-order valence-corrected chi connectivity index (χ3v) is 3.61. The highest BCUT2D eigenvalue weighted by molar-refractivity contribution is 5.95. The summed E-state index contributed by atoms with van der Waals surface area (Å²) in [5, 5.41) is 7.45. The summed E-state index contributed by atoms with van der Waals surface area (Å²) in [7, 11) is 1.82. The summed E-state index contributed by atoms with van der Waals surface area (Å²) in [6, 6.07) is 7.57. The Kier molecular flexibility index (Phi) is 4.61. The topological polar surface area (TPSA) is 73.4 Å². The number of rotatable bonds is 3. The molecule has 1 fully saturated rings. The van der Waals surface area contributed by atoms with Gasteiger partial charge in [0.2, 0.25) is 0 Å². The van der Waals surface area contributed by atoms with Crippen molar-refractivity contribution in [3.8, 4) is 0 Å². The number of piperidine rings is 1. The fourth-order valence-electron chi connectivity index (χ4n) is 2.51. The van der Waals surface area contributed by atoms with Gasteiger partial charge in [0.15, 0.2) is 0 Å². The monoisotopic (exact) mass is 274 g/mol. The van der Waals surface area contributed by atoms with Crippen LogP contribution in [0, 0.1) is 5.41 Å². The largest absolute Gasteiger partial charge is 0.384 e. The van der Waals surface area contributed by atoms with E-state index in [0.29, 0.717) is 12.1 Å². The number of nitrogens with two attached hydrogens (primary N) is 1. The molecule has 2 amide bonds. The van der Waals surface area contributed by atoms with Gasteiger partial charge in [0, 0.05) is 32.2 Å². The van der Waals surface area contributed by atoms with E-state index in [9.17, 15) is 4.79 Å². The quantitative estimate of drug-likeness (QED) is 0.653. The number of hydrogen-bond acceptors (Lipinski definition) is 2. The van der Waals surface area contributed by atoms with Gasteiger partial charge >= 0.3 is 6.03 Å². The SMILES string of the molecule is CN(Cc1cccc(C(=N)N)c1)C(=O)N1CCCCC1. The van der Waals surface area contributed by atoms with Gasteiger partial charge in [0.25, 0.3) is 0 Å². The van der Waals surface area contributed by atoms with Crippen molar-refractivity contribution >= 4 is 11.9 Å². The first-order valence-electron chi connectivity index (χ1n) is 7.01. The van der Waals surface area contributed by atoms with E-state index >= 15 is 0 Å². The molecule has 1 saturated heterocycles. The van der Waals surface area contributed by atoms with Gasteiger partial charge in [-0.2, -0.15) is 0 Å². The van der Waals surface area contributed by atoms with Crippen molar-refractivity contribution in [2.24, 2.45) is 5.73 Å².